The molecule has 4 rings (SSSR count). The van der Waals surface area contributed by atoms with E-state index < -0.39 is 73.5 Å². The first-order chi connectivity index (χ1) is 16.0. The van der Waals surface area contributed by atoms with Gasteiger partial charge >= 0.3 is 7.82 Å². The Kier molecular flexibility index (Phi) is 6.72. The molecule has 6 N–H and O–H groups in total. The number of halogens is 3. The highest BCUT2D eigenvalue weighted by Gasteiger charge is 2.44. The molecule has 0 amide bonds. The smallest absolute Gasteiger partial charge is 0.401 e. The average molecular weight is 524 g/mol. The monoisotopic (exact) mass is 523 g/mol. The van der Waals surface area contributed by atoms with E-state index in [-0.39, 0.29) is 17.0 Å². The van der Waals surface area contributed by atoms with Gasteiger partial charge in [0.25, 0.3) is 0 Å². The van der Waals surface area contributed by atoms with E-state index in [2.05, 4.69) is 24.8 Å². The largest absolute Gasteiger partial charge is 0.524 e. The van der Waals surface area contributed by atoms with E-state index in [4.69, 9.17) is 26.1 Å². The van der Waals surface area contributed by atoms with Crippen molar-refractivity contribution in [2.75, 3.05) is 11.9 Å². The molecule has 13 nitrogen and oxygen atoms in total. The lowest BCUT2D eigenvalue weighted by Gasteiger charge is -2.16. The number of nitrogens with zero attached hydrogens (tertiary/aromatic N) is 4. The highest BCUT2D eigenvalue weighted by atomic mass is 35.5. The summed E-state index contributed by atoms with van der Waals surface area (Å²) in [5.41, 5.74) is -0.233. The predicted octanol–water partition coefficient (Wildman–Crippen LogP) is 0.453. The maximum Gasteiger partial charge on any atom is 0.524 e. The van der Waals surface area contributed by atoms with Crippen molar-refractivity contribution in [3.05, 3.63) is 40.9 Å². The number of aliphatic hydroxyl groups is 3. The molecule has 3 heterocycles. The van der Waals surface area contributed by atoms with Crippen LogP contribution in [0.2, 0.25) is 5.02 Å². The number of phosphoric ester groups is 1. The van der Waals surface area contributed by atoms with Crippen molar-refractivity contribution in [1.82, 2.24) is 19.5 Å². The standard InChI is InChI=1S/C17H17ClF2N5O8P/c18-10-6(11(20)8(1-7(10)19)33-34(29,30)31)2-21-15-12-16(23-4-22-15)25(5-24-12)17-14(28)13(27)9(3-26)32-17/h1,4-5,9,13-14,17,26-28H,2-3H2,(H,21,22,23)(H2,29,30,31)/t9-,13-,14-,17-/m1/s1. The molecule has 17 heteroatoms. The molecule has 184 valence electrons. The van der Waals surface area contributed by atoms with Gasteiger partial charge in [-0.25, -0.2) is 28.3 Å². The van der Waals surface area contributed by atoms with Crippen molar-refractivity contribution in [3.63, 3.8) is 0 Å². The topological polar surface area (TPSA) is 192 Å². The van der Waals surface area contributed by atoms with Crippen LogP contribution in [-0.2, 0) is 15.8 Å². The summed E-state index contributed by atoms with van der Waals surface area (Å²) in [6, 6.07) is 0.409. The van der Waals surface area contributed by atoms with Gasteiger partial charge in [0, 0.05) is 18.2 Å². The number of ether oxygens (including phenoxy) is 1. The summed E-state index contributed by atoms with van der Waals surface area (Å²) in [5.74, 6) is -3.48. The lowest BCUT2D eigenvalue weighted by Crippen LogP contribution is -2.33. The van der Waals surface area contributed by atoms with Crippen molar-refractivity contribution in [3.8, 4) is 5.75 Å². The third-order valence-corrected chi connectivity index (χ3v) is 5.86. The van der Waals surface area contributed by atoms with E-state index >= 15 is 0 Å². The van der Waals surface area contributed by atoms with Crippen LogP contribution in [-0.4, -0.2) is 69.5 Å². The van der Waals surface area contributed by atoms with E-state index in [1.807, 2.05) is 0 Å². The molecule has 1 fully saturated rings. The minimum absolute atomic E-state index is 0.0349. The van der Waals surface area contributed by atoms with Crippen molar-refractivity contribution < 1.29 is 47.7 Å². The molecule has 4 atom stereocenters. The molecule has 3 aromatic rings. The highest BCUT2D eigenvalue weighted by Crippen LogP contribution is 2.41. The van der Waals surface area contributed by atoms with Crippen molar-refractivity contribution in [2.45, 2.75) is 31.1 Å². The van der Waals surface area contributed by atoms with Crippen LogP contribution in [0.25, 0.3) is 11.2 Å². The summed E-state index contributed by atoms with van der Waals surface area (Å²) < 4.78 is 50.8. The molecular weight excluding hydrogens is 507 g/mol. The second-order valence-electron chi connectivity index (χ2n) is 7.17. The fourth-order valence-corrected chi connectivity index (χ4v) is 4.02. The average Bonchev–Trinajstić information content (AvgIpc) is 3.32. The second-order valence-corrected chi connectivity index (χ2v) is 8.72. The zero-order chi connectivity index (χ0) is 24.8. The van der Waals surface area contributed by atoms with Gasteiger partial charge in [0.2, 0.25) is 0 Å². The molecule has 0 radical (unpaired) electrons. The Morgan fingerprint density at radius 3 is 2.62 bits per heavy atom. The Morgan fingerprint density at radius 2 is 1.97 bits per heavy atom. The van der Waals surface area contributed by atoms with Crippen LogP contribution in [0.4, 0.5) is 14.6 Å². The minimum atomic E-state index is -5.17. The molecule has 1 aromatic carbocycles. The molecular formula is C17H17ClF2N5O8P. The van der Waals surface area contributed by atoms with Gasteiger partial charge in [-0.05, 0) is 0 Å². The molecule has 1 saturated heterocycles. The van der Waals surface area contributed by atoms with Gasteiger partial charge < -0.3 is 29.9 Å². The Labute approximate surface area is 193 Å². The van der Waals surface area contributed by atoms with Crippen LogP contribution < -0.4 is 9.84 Å². The van der Waals surface area contributed by atoms with E-state index in [1.165, 1.54) is 10.9 Å². The van der Waals surface area contributed by atoms with Crippen molar-refractivity contribution in [2.24, 2.45) is 0 Å². The summed E-state index contributed by atoms with van der Waals surface area (Å²) in [4.78, 5) is 30.0. The molecule has 0 bridgehead atoms. The van der Waals surface area contributed by atoms with Gasteiger partial charge in [0.05, 0.1) is 18.0 Å². The van der Waals surface area contributed by atoms with Crippen LogP contribution >= 0.6 is 19.4 Å². The van der Waals surface area contributed by atoms with E-state index in [0.717, 1.165) is 6.33 Å². The lowest BCUT2D eigenvalue weighted by molar-refractivity contribution is -0.0511. The number of nitrogens with one attached hydrogen (secondary N) is 1. The maximum atomic E-state index is 14.7. The molecule has 2 aromatic heterocycles. The molecule has 1 aliphatic heterocycles. The first-order valence-corrected chi connectivity index (χ1v) is 11.4. The molecule has 0 spiro atoms. The molecule has 34 heavy (non-hydrogen) atoms. The van der Waals surface area contributed by atoms with Gasteiger partial charge in [-0.3, -0.25) is 14.4 Å². The number of anilines is 1. The number of aliphatic hydroxyl groups excluding tert-OH is 3. The van der Waals surface area contributed by atoms with Gasteiger partial charge in [-0.1, -0.05) is 11.6 Å². The fourth-order valence-electron chi connectivity index (χ4n) is 3.43. The normalized spacial score (nSPS) is 22.9. The van der Waals surface area contributed by atoms with Crippen LogP contribution in [0.1, 0.15) is 11.8 Å². The molecule has 0 saturated carbocycles. The summed E-state index contributed by atoms with van der Waals surface area (Å²) in [6.07, 6.45) is -2.55. The van der Waals surface area contributed by atoms with E-state index in [9.17, 15) is 28.7 Å². The third kappa shape index (κ3) is 4.56. The number of phosphoric acid groups is 1. The van der Waals surface area contributed by atoms with Crippen LogP contribution in [0.3, 0.4) is 0 Å². The SMILES string of the molecule is O=P(O)(O)Oc1cc(F)c(Cl)c(CNc2ncnc3c2ncn3[C@@H]2O[C@H](CO)[C@@H](O)[C@H]2O)c1F. The van der Waals surface area contributed by atoms with Gasteiger partial charge in [-0.15, -0.1) is 0 Å². The Hall–Kier alpha value is -2.49. The summed E-state index contributed by atoms with van der Waals surface area (Å²) in [5, 5.41) is 31.5. The molecule has 0 aliphatic carbocycles. The number of imidazole rings is 1. The number of aromatic nitrogens is 4. The number of hydrogen-bond acceptors (Lipinski definition) is 10. The van der Waals surface area contributed by atoms with E-state index in [0.29, 0.717) is 6.07 Å². The summed E-state index contributed by atoms with van der Waals surface area (Å²) in [7, 11) is -5.17. The summed E-state index contributed by atoms with van der Waals surface area (Å²) in [6.45, 7) is -1.02. The Balaban J connectivity index is 1.63. The van der Waals surface area contributed by atoms with Crippen LogP contribution in [0.15, 0.2) is 18.7 Å². The number of fused-ring (bicyclic) bond motifs is 1. The van der Waals surface area contributed by atoms with Crippen molar-refractivity contribution >= 4 is 36.4 Å². The predicted molar refractivity (Wildman–Crippen MR) is 110 cm³/mol. The van der Waals surface area contributed by atoms with Crippen LogP contribution in [0, 0.1) is 11.6 Å². The number of rotatable bonds is 7. The van der Waals surface area contributed by atoms with Crippen molar-refractivity contribution in [1.29, 1.82) is 0 Å². The maximum absolute atomic E-state index is 14.7. The molecule has 1 aliphatic rings. The van der Waals surface area contributed by atoms with Gasteiger partial charge in [-0.2, -0.15) is 0 Å². The summed E-state index contributed by atoms with van der Waals surface area (Å²) >= 11 is 5.83. The Morgan fingerprint density at radius 1 is 1.24 bits per heavy atom. The van der Waals surface area contributed by atoms with Gasteiger partial charge in [0.15, 0.2) is 34.8 Å². The van der Waals surface area contributed by atoms with E-state index in [1.54, 1.807) is 0 Å². The van der Waals surface area contributed by atoms with Crippen LogP contribution in [0.5, 0.6) is 5.75 Å². The lowest BCUT2D eigenvalue weighted by atomic mass is 10.1. The zero-order valence-corrected chi connectivity index (χ0v) is 18.4. The Bertz CT molecular complexity index is 1280. The second kappa shape index (κ2) is 9.28. The highest BCUT2D eigenvalue weighted by molar-refractivity contribution is 7.46. The number of benzene rings is 1. The third-order valence-electron chi connectivity index (χ3n) is 5.01. The first-order valence-electron chi connectivity index (χ1n) is 9.47. The fraction of sp³-hybridized carbons (Fsp3) is 0.353. The quantitative estimate of drug-likeness (QED) is 0.185. The minimum Gasteiger partial charge on any atom is -0.401 e. The zero-order valence-electron chi connectivity index (χ0n) is 16.8. The molecule has 0 unspecified atom stereocenters. The first kappa shape index (κ1) is 24.6. The van der Waals surface area contributed by atoms with Gasteiger partial charge in [0.1, 0.15) is 30.5 Å². The number of hydrogen-bond donors (Lipinski definition) is 6.